The van der Waals surface area contributed by atoms with Crippen LogP contribution < -0.4 is 5.32 Å². The maximum absolute atomic E-state index is 10.6. The van der Waals surface area contributed by atoms with Crippen molar-refractivity contribution in [3.05, 3.63) is 35.4 Å². The quantitative estimate of drug-likeness (QED) is 0.494. The average Bonchev–Trinajstić information content (AvgIpc) is 2.04. The van der Waals surface area contributed by atoms with Gasteiger partial charge in [-0.25, -0.2) is 0 Å². The molecule has 13 heavy (non-hydrogen) atoms. The number of amidine groups is 1. The Bertz CT molecular complexity index is 327. The topological polar surface area (TPSA) is 53.0 Å². The molecule has 1 aromatic rings. The summed E-state index contributed by atoms with van der Waals surface area (Å²) in [5.74, 6) is -0.0712. The number of carbonyl (C=O) groups is 1. The summed E-state index contributed by atoms with van der Waals surface area (Å²) < 4.78 is 0. The van der Waals surface area contributed by atoms with E-state index >= 15 is 0 Å². The second-order valence-corrected chi connectivity index (χ2v) is 2.92. The van der Waals surface area contributed by atoms with E-state index < -0.39 is 0 Å². The molecule has 2 N–H and O–H groups in total. The molecule has 0 atom stereocenters. The summed E-state index contributed by atoms with van der Waals surface area (Å²) in [6.07, 6.45) is 0. The van der Waals surface area contributed by atoms with Gasteiger partial charge in [0.25, 0.3) is 0 Å². The molecule has 0 aliphatic rings. The summed E-state index contributed by atoms with van der Waals surface area (Å²) in [6.45, 7) is 3.37. The number of rotatable bonds is 1. The Hall–Kier alpha value is -1.64. The highest BCUT2D eigenvalue weighted by Crippen LogP contribution is 2.02. The number of hydrogen-bond acceptors (Lipinski definition) is 2. The van der Waals surface area contributed by atoms with E-state index in [1.54, 1.807) is 0 Å². The predicted molar refractivity (Wildman–Crippen MR) is 51.8 cm³/mol. The number of nitrogens with one attached hydrogen (secondary N) is 2. The Kier molecular flexibility index (Phi) is 2.80. The van der Waals surface area contributed by atoms with Crippen LogP contribution in [-0.4, -0.2) is 11.7 Å². The smallest absolute Gasteiger partial charge is 0.222 e. The van der Waals surface area contributed by atoms with Gasteiger partial charge in [0.2, 0.25) is 5.91 Å². The first-order valence-electron chi connectivity index (χ1n) is 4.03. The highest BCUT2D eigenvalue weighted by molar-refractivity contribution is 6.05. The van der Waals surface area contributed by atoms with Crippen LogP contribution in [0, 0.1) is 12.3 Å². The maximum atomic E-state index is 10.6. The monoisotopic (exact) mass is 176 g/mol. The third-order valence-corrected chi connectivity index (χ3v) is 1.64. The van der Waals surface area contributed by atoms with E-state index in [0.29, 0.717) is 0 Å². The van der Waals surface area contributed by atoms with Crippen molar-refractivity contribution in [3.8, 4) is 0 Å². The van der Waals surface area contributed by atoms with Crippen molar-refractivity contribution >= 4 is 11.7 Å². The molecule has 0 spiro atoms. The summed E-state index contributed by atoms with van der Waals surface area (Å²) in [5.41, 5.74) is 1.86. The lowest BCUT2D eigenvalue weighted by Crippen LogP contribution is -2.27. The van der Waals surface area contributed by atoms with Crippen molar-refractivity contribution in [3.63, 3.8) is 0 Å². The Labute approximate surface area is 77.3 Å². The minimum Gasteiger partial charge on any atom is -0.311 e. The molecule has 0 saturated heterocycles. The molecule has 1 aromatic carbocycles. The Balaban J connectivity index is 2.78. The van der Waals surface area contributed by atoms with Gasteiger partial charge >= 0.3 is 0 Å². The Morgan fingerprint density at radius 2 is 1.85 bits per heavy atom. The second-order valence-electron chi connectivity index (χ2n) is 2.92. The van der Waals surface area contributed by atoms with Crippen LogP contribution in [0.1, 0.15) is 18.1 Å². The molecule has 0 aliphatic heterocycles. The summed E-state index contributed by atoms with van der Waals surface area (Å²) in [6, 6.07) is 7.44. The van der Waals surface area contributed by atoms with Gasteiger partial charge in [0.15, 0.2) is 0 Å². The third kappa shape index (κ3) is 2.71. The van der Waals surface area contributed by atoms with Gasteiger partial charge in [-0.2, -0.15) is 0 Å². The first-order valence-corrected chi connectivity index (χ1v) is 4.03. The molecular formula is C10H12N2O. The molecule has 0 saturated carbocycles. The van der Waals surface area contributed by atoms with Gasteiger partial charge in [0.1, 0.15) is 5.84 Å². The first kappa shape index (κ1) is 9.45. The molecule has 0 aliphatic carbocycles. The Morgan fingerprint density at radius 3 is 2.31 bits per heavy atom. The van der Waals surface area contributed by atoms with E-state index in [-0.39, 0.29) is 11.7 Å². The van der Waals surface area contributed by atoms with E-state index in [0.717, 1.165) is 11.1 Å². The summed E-state index contributed by atoms with van der Waals surface area (Å²) in [4.78, 5) is 10.6. The molecule has 0 bridgehead atoms. The first-order chi connectivity index (χ1) is 6.09. The predicted octanol–water partition coefficient (Wildman–Crippen LogP) is 1.46. The van der Waals surface area contributed by atoms with Gasteiger partial charge in [0.05, 0.1) is 0 Å². The normalized spacial score (nSPS) is 9.38. The maximum Gasteiger partial charge on any atom is 0.222 e. The highest BCUT2D eigenvalue weighted by atomic mass is 16.1. The van der Waals surface area contributed by atoms with E-state index in [9.17, 15) is 4.79 Å². The molecule has 3 nitrogen and oxygen atoms in total. The van der Waals surface area contributed by atoms with Crippen molar-refractivity contribution in [1.29, 1.82) is 5.41 Å². The van der Waals surface area contributed by atoms with Crippen LogP contribution in [0.25, 0.3) is 0 Å². The molecule has 0 heterocycles. The molecule has 1 amide bonds. The minimum absolute atomic E-state index is 0.146. The van der Waals surface area contributed by atoms with Crippen LogP contribution >= 0.6 is 0 Å². The van der Waals surface area contributed by atoms with Crippen LogP contribution in [0.2, 0.25) is 0 Å². The third-order valence-electron chi connectivity index (χ3n) is 1.64. The fraction of sp³-hybridized carbons (Fsp3) is 0.200. The fourth-order valence-corrected chi connectivity index (χ4v) is 0.968. The van der Waals surface area contributed by atoms with E-state index in [2.05, 4.69) is 5.32 Å². The van der Waals surface area contributed by atoms with E-state index in [1.165, 1.54) is 6.92 Å². The van der Waals surface area contributed by atoms with Crippen molar-refractivity contribution in [2.45, 2.75) is 13.8 Å². The van der Waals surface area contributed by atoms with Gasteiger partial charge < -0.3 is 5.32 Å². The molecular weight excluding hydrogens is 164 g/mol. The SMILES string of the molecule is CC(=O)NC(=N)c1ccc(C)cc1. The number of aryl methyl sites for hydroxylation is 1. The van der Waals surface area contributed by atoms with Crippen molar-refractivity contribution < 1.29 is 4.79 Å². The zero-order valence-electron chi connectivity index (χ0n) is 7.72. The molecule has 68 valence electrons. The lowest BCUT2D eigenvalue weighted by Gasteiger charge is -2.03. The largest absolute Gasteiger partial charge is 0.311 e. The molecule has 0 radical (unpaired) electrons. The van der Waals surface area contributed by atoms with Crippen molar-refractivity contribution in [2.24, 2.45) is 0 Å². The van der Waals surface area contributed by atoms with Crippen LogP contribution in [0.3, 0.4) is 0 Å². The van der Waals surface area contributed by atoms with Gasteiger partial charge in [-0.15, -0.1) is 0 Å². The lowest BCUT2D eigenvalue weighted by molar-refractivity contribution is -0.117. The van der Waals surface area contributed by atoms with Gasteiger partial charge in [0, 0.05) is 12.5 Å². The zero-order chi connectivity index (χ0) is 9.84. The zero-order valence-corrected chi connectivity index (χ0v) is 7.72. The van der Waals surface area contributed by atoms with Crippen LogP contribution in [0.15, 0.2) is 24.3 Å². The van der Waals surface area contributed by atoms with E-state index in [4.69, 9.17) is 5.41 Å². The lowest BCUT2D eigenvalue weighted by atomic mass is 10.1. The van der Waals surface area contributed by atoms with E-state index in [1.807, 2.05) is 31.2 Å². The number of carbonyl (C=O) groups excluding carboxylic acids is 1. The Morgan fingerprint density at radius 1 is 1.31 bits per heavy atom. The second kappa shape index (κ2) is 3.85. The minimum atomic E-state index is -0.217. The average molecular weight is 176 g/mol. The van der Waals surface area contributed by atoms with Crippen LogP contribution in [-0.2, 0) is 4.79 Å². The van der Waals surface area contributed by atoms with Crippen molar-refractivity contribution in [2.75, 3.05) is 0 Å². The highest BCUT2D eigenvalue weighted by Gasteiger charge is 2.01. The number of benzene rings is 1. The molecule has 0 fully saturated rings. The van der Waals surface area contributed by atoms with Crippen molar-refractivity contribution in [1.82, 2.24) is 5.32 Å². The summed E-state index contributed by atoms with van der Waals surface area (Å²) >= 11 is 0. The summed E-state index contributed by atoms with van der Waals surface area (Å²) in [7, 11) is 0. The molecule has 0 aromatic heterocycles. The fourth-order valence-electron chi connectivity index (χ4n) is 0.968. The number of hydrogen-bond donors (Lipinski definition) is 2. The van der Waals surface area contributed by atoms with Gasteiger partial charge in [-0.3, -0.25) is 10.2 Å². The number of amides is 1. The van der Waals surface area contributed by atoms with Gasteiger partial charge in [-0.1, -0.05) is 29.8 Å². The summed E-state index contributed by atoms with van der Waals surface area (Å²) in [5, 5.41) is 9.92. The molecule has 0 unspecified atom stereocenters. The van der Waals surface area contributed by atoms with Gasteiger partial charge in [-0.05, 0) is 6.92 Å². The molecule has 3 heteroatoms. The van der Waals surface area contributed by atoms with Crippen LogP contribution in [0.5, 0.6) is 0 Å². The van der Waals surface area contributed by atoms with Crippen LogP contribution in [0.4, 0.5) is 0 Å². The molecule has 1 rings (SSSR count). The standard InChI is InChI=1S/C10H12N2O/c1-7-3-5-9(6-4-7)10(11)12-8(2)13/h3-6H,1-2H3,(H2,11,12,13).